The van der Waals surface area contributed by atoms with E-state index in [1.807, 2.05) is 6.92 Å². The average molecular weight is 593 g/mol. The number of ether oxygens (including phenoxy) is 1. The van der Waals surface area contributed by atoms with E-state index in [2.05, 4.69) is 35.5 Å². The van der Waals surface area contributed by atoms with Crippen molar-refractivity contribution in [1.82, 2.24) is 25.1 Å². The predicted molar refractivity (Wildman–Crippen MR) is 146 cm³/mol. The fraction of sp³-hybridized carbons (Fsp3) is 0.360. The number of hydrogen-bond acceptors (Lipinski definition) is 11. The fourth-order valence-corrected chi connectivity index (χ4v) is 6.34. The Labute approximate surface area is 234 Å². The van der Waals surface area contributed by atoms with Crippen molar-refractivity contribution in [2.45, 2.75) is 51.0 Å². The lowest BCUT2D eigenvalue weighted by Crippen LogP contribution is -2.52. The van der Waals surface area contributed by atoms with Crippen LogP contribution in [0.4, 0.5) is 29.1 Å². The van der Waals surface area contributed by atoms with Gasteiger partial charge in [-0.05, 0) is 32.9 Å². The Bertz CT molecular complexity index is 1620. The van der Waals surface area contributed by atoms with Crippen LogP contribution in [0.5, 0.6) is 5.88 Å². The Morgan fingerprint density at radius 3 is 2.65 bits per heavy atom. The number of amidine groups is 1. The zero-order valence-corrected chi connectivity index (χ0v) is 23.4. The van der Waals surface area contributed by atoms with E-state index in [4.69, 9.17) is 10.5 Å². The summed E-state index contributed by atoms with van der Waals surface area (Å²) < 4.78 is 62.3. The molecule has 0 radical (unpaired) electrons. The third kappa shape index (κ3) is 5.03. The maximum absolute atomic E-state index is 15.2. The number of hydrogen-bond donors (Lipinski definition) is 2. The summed E-state index contributed by atoms with van der Waals surface area (Å²) in [6.07, 6.45) is 0.0914. The SMILES string of the molecule is Cc1nnc(COc2cnc3c(Nc4cc(F)c(F)c([C@@]5(C)N=C(N)S[C@](C)(C(F)F)C5C)c4)nccc3n2)s1. The van der Waals surface area contributed by atoms with Gasteiger partial charge in [0.15, 0.2) is 27.6 Å². The molecule has 0 bridgehead atoms. The number of nitrogens with zero attached hydrogens (tertiary/aromatic N) is 6. The standard InChI is InChI=1S/C25H24F4N8OS2/c1-11-24(3,35-23(30)40-25(11,4)22(28)29)14-7-13(8-15(26)19(14)27)33-21-20-16(5-6-31-21)34-17(9-32-20)38-10-18-37-36-12(2)39-18/h5-9,11,22H,10H2,1-4H3,(H2,30,35)(H,31,33)/t11?,24-,25-/m0/s1. The zero-order chi connectivity index (χ0) is 28.8. The van der Waals surface area contributed by atoms with Gasteiger partial charge in [0.25, 0.3) is 6.43 Å². The molecule has 210 valence electrons. The first-order chi connectivity index (χ1) is 18.9. The summed E-state index contributed by atoms with van der Waals surface area (Å²) in [7, 11) is 0. The van der Waals surface area contributed by atoms with Gasteiger partial charge in [0, 0.05) is 29.4 Å². The van der Waals surface area contributed by atoms with Crippen LogP contribution in [-0.2, 0) is 12.1 Å². The van der Waals surface area contributed by atoms with Gasteiger partial charge in [-0.1, -0.05) is 30.0 Å². The first kappa shape index (κ1) is 28.0. The largest absolute Gasteiger partial charge is 0.469 e. The van der Waals surface area contributed by atoms with Gasteiger partial charge in [-0.25, -0.2) is 32.5 Å². The molecule has 3 aromatic heterocycles. The van der Waals surface area contributed by atoms with Gasteiger partial charge in [-0.3, -0.25) is 4.99 Å². The molecule has 40 heavy (non-hydrogen) atoms. The number of halogens is 4. The van der Waals surface area contributed by atoms with E-state index < -0.39 is 34.3 Å². The van der Waals surface area contributed by atoms with E-state index >= 15 is 4.39 Å². The van der Waals surface area contributed by atoms with Crippen molar-refractivity contribution in [3.8, 4) is 5.88 Å². The number of anilines is 2. The molecular weight excluding hydrogens is 568 g/mol. The van der Waals surface area contributed by atoms with Gasteiger partial charge in [-0.15, -0.1) is 10.2 Å². The van der Waals surface area contributed by atoms with E-state index in [0.717, 1.165) is 22.8 Å². The van der Waals surface area contributed by atoms with Crippen LogP contribution in [0.3, 0.4) is 0 Å². The number of thioether (sulfide) groups is 1. The van der Waals surface area contributed by atoms with Crippen LogP contribution >= 0.6 is 23.1 Å². The van der Waals surface area contributed by atoms with Crippen LogP contribution in [0.15, 0.2) is 35.6 Å². The van der Waals surface area contributed by atoms with Crippen molar-refractivity contribution in [2.75, 3.05) is 5.32 Å². The van der Waals surface area contributed by atoms with Gasteiger partial charge in [-0.2, -0.15) is 0 Å². The molecule has 1 aliphatic heterocycles. The normalized spacial score (nSPS) is 22.9. The van der Waals surface area contributed by atoms with Crippen molar-refractivity contribution in [3.63, 3.8) is 0 Å². The second kappa shape index (κ2) is 10.4. The number of aryl methyl sites for hydroxylation is 1. The Morgan fingerprint density at radius 2 is 1.95 bits per heavy atom. The molecule has 0 amide bonds. The van der Waals surface area contributed by atoms with Crippen LogP contribution in [-0.4, -0.2) is 41.5 Å². The average Bonchev–Trinajstić information content (AvgIpc) is 3.32. The van der Waals surface area contributed by atoms with E-state index in [9.17, 15) is 13.2 Å². The lowest BCUT2D eigenvalue weighted by atomic mass is 9.73. The van der Waals surface area contributed by atoms with Crippen LogP contribution in [0.25, 0.3) is 11.0 Å². The molecule has 0 saturated carbocycles. The minimum absolute atomic E-state index is 0.113. The highest BCUT2D eigenvalue weighted by molar-refractivity contribution is 8.15. The van der Waals surface area contributed by atoms with Gasteiger partial charge >= 0.3 is 0 Å². The zero-order valence-electron chi connectivity index (χ0n) is 21.7. The van der Waals surface area contributed by atoms with Crippen LogP contribution in [0, 0.1) is 24.5 Å². The van der Waals surface area contributed by atoms with Crippen molar-refractivity contribution < 1.29 is 22.3 Å². The maximum atomic E-state index is 15.2. The Kier molecular flexibility index (Phi) is 7.29. The molecular formula is C25H24F4N8OS2. The van der Waals surface area contributed by atoms with Gasteiger partial charge in [0.2, 0.25) is 5.88 Å². The quantitative estimate of drug-likeness (QED) is 0.259. The highest BCUT2D eigenvalue weighted by atomic mass is 32.2. The lowest BCUT2D eigenvalue weighted by Gasteiger charge is -2.46. The molecule has 5 rings (SSSR count). The molecule has 4 aromatic rings. The van der Waals surface area contributed by atoms with Gasteiger partial charge < -0.3 is 15.8 Å². The number of aliphatic imine (C=N–C) groups is 1. The molecule has 9 nitrogen and oxygen atoms in total. The first-order valence-electron chi connectivity index (χ1n) is 12.0. The highest BCUT2D eigenvalue weighted by Gasteiger charge is 2.54. The topological polar surface area (TPSA) is 124 Å². The summed E-state index contributed by atoms with van der Waals surface area (Å²) in [4.78, 5) is 17.4. The van der Waals surface area contributed by atoms with Crippen LogP contribution in [0.2, 0.25) is 0 Å². The number of alkyl halides is 2. The maximum Gasteiger partial charge on any atom is 0.253 e. The number of nitrogens with two attached hydrogens (primary N) is 1. The van der Waals surface area contributed by atoms with Gasteiger partial charge in [0.05, 0.1) is 22.0 Å². The van der Waals surface area contributed by atoms with Crippen LogP contribution in [0.1, 0.15) is 36.3 Å². The molecule has 3 N–H and O–H groups in total. The van der Waals surface area contributed by atoms with E-state index in [1.54, 1.807) is 6.07 Å². The Balaban J connectivity index is 1.47. The lowest BCUT2D eigenvalue weighted by molar-refractivity contribution is 0.0571. The monoisotopic (exact) mass is 592 g/mol. The first-order valence-corrected chi connectivity index (χ1v) is 13.7. The van der Waals surface area contributed by atoms with E-state index in [1.165, 1.54) is 50.6 Å². The minimum atomic E-state index is -2.79. The van der Waals surface area contributed by atoms with Crippen molar-refractivity contribution >= 4 is 50.8 Å². The van der Waals surface area contributed by atoms with Crippen molar-refractivity contribution in [3.05, 3.63) is 57.8 Å². The number of aromatic nitrogens is 5. The molecule has 4 heterocycles. The van der Waals surface area contributed by atoms with Crippen LogP contribution < -0.4 is 15.8 Å². The second-order valence-electron chi connectivity index (χ2n) is 9.59. The second-order valence-corrected chi connectivity index (χ2v) is 12.4. The number of rotatable bonds is 7. The molecule has 1 unspecified atom stereocenters. The highest BCUT2D eigenvalue weighted by Crippen LogP contribution is 2.53. The molecule has 15 heteroatoms. The molecule has 0 spiro atoms. The van der Waals surface area contributed by atoms with E-state index in [0.29, 0.717) is 16.0 Å². The number of nitrogens with one attached hydrogen (secondary N) is 1. The van der Waals surface area contributed by atoms with E-state index in [-0.39, 0.29) is 34.7 Å². The number of fused-ring (bicyclic) bond motifs is 1. The summed E-state index contributed by atoms with van der Waals surface area (Å²) >= 11 is 2.13. The predicted octanol–water partition coefficient (Wildman–Crippen LogP) is 5.72. The third-order valence-corrected chi connectivity index (χ3v) is 9.07. The molecule has 1 aromatic carbocycles. The minimum Gasteiger partial charge on any atom is -0.469 e. The number of benzene rings is 1. The summed E-state index contributed by atoms with van der Waals surface area (Å²) in [5, 5.41) is 12.3. The Morgan fingerprint density at radius 1 is 1.18 bits per heavy atom. The smallest absolute Gasteiger partial charge is 0.253 e. The van der Waals surface area contributed by atoms with Gasteiger partial charge in [0.1, 0.15) is 17.1 Å². The summed E-state index contributed by atoms with van der Waals surface area (Å²) in [5.41, 5.74) is 5.00. The third-order valence-electron chi connectivity index (χ3n) is 6.99. The summed E-state index contributed by atoms with van der Waals surface area (Å²) in [6, 6.07) is 3.89. The molecule has 1 aliphatic rings. The fourth-order valence-electron chi connectivity index (χ4n) is 4.53. The van der Waals surface area contributed by atoms with Crippen molar-refractivity contribution in [2.24, 2.45) is 16.6 Å². The summed E-state index contributed by atoms with van der Waals surface area (Å²) in [6.45, 7) is 6.35. The number of pyridine rings is 1. The Hall–Kier alpha value is -3.59. The molecule has 0 fully saturated rings. The molecule has 0 aliphatic carbocycles. The van der Waals surface area contributed by atoms with Crippen molar-refractivity contribution in [1.29, 1.82) is 0 Å². The summed E-state index contributed by atoms with van der Waals surface area (Å²) in [5.74, 6) is -2.83. The molecule has 3 atom stereocenters. The molecule has 0 saturated heterocycles.